The molecule has 1 aromatic heterocycles. The van der Waals surface area contributed by atoms with Crippen molar-refractivity contribution in [1.29, 1.82) is 0 Å². The summed E-state index contributed by atoms with van der Waals surface area (Å²) in [5.41, 5.74) is 6.82. The van der Waals surface area contributed by atoms with Crippen molar-refractivity contribution in [3.05, 3.63) is 22.3 Å². The van der Waals surface area contributed by atoms with Gasteiger partial charge in [0.1, 0.15) is 5.82 Å². The fraction of sp³-hybridized carbons (Fsp3) is 0.545. The molecule has 0 bridgehead atoms. The summed E-state index contributed by atoms with van der Waals surface area (Å²) in [5, 5.41) is 3.38. The Morgan fingerprint density at radius 3 is 2.80 bits per heavy atom. The molecule has 1 heterocycles. The summed E-state index contributed by atoms with van der Waals surface area (Å²) in [6.07, 6.45) is 2.76. The molecule has 1 atom stereocenters. The topological polar surface area (TPSA) is 50.9 Å². The van der Waals surface area contributed by atoms with E-state index in [9.17, 15) is 0 Å². The van der Waals surface area contributed by atoms with Crippen molar-refractivity contribution in [2.24, 2.45) is 5.73 Å². The largest absolute Gasteiger partial charge is 0.363 e. The van der Waals surface area contributed by atoms with Gasteiger partial charge in [0.05, 0.1) is 4.47 Å². The summed E-state index contributed by atoms with van der Waals surface area (Å²) < 4.78 is 1.01. The highest BCUT2D eigenvalue weighted by Crippen LogP contribution is 2.26. The molecular formula is C11H18BrN3. The first-order chi connectivity index (χ1) is 7.02. The van der Waals surface area contributed by atoms with E-state index < -0.39 is 0 Å². The van der Waals surface area contributed by atoms with Gasteiger partial charge in [-0.2, -0.15) is 0 Å². The Hall–Kier alpha value is -0.610. The van der Waals surface area contributed by atoms with Crippen LogP contribution in [0.25, 0.3) is 0 Å². The van der Waals surface area contributed by atoms with Gasteiger partial charge in [0.25, 0.3) is 0 Å². The number of nitrogens with zero attached hydrogens (tertiary/aromatic N) is 1. The Labute approximate surface area is 99.6 Å². The van der Waals surface area contributed by atoms with E-state index in [0.29, 0.717) is 6.54 Å². The maximum atomic E-state index is 5.75. The third-order valence-corrected chi connectivity index (χ3v) is 3.73. The van der Waals surface area contributed by atoms with E-state index in [0.717, 1.165) is 16.7 Å². The van der Waals surface area contributed by atoms with Crippen molar-refractivity contribution in [2.45, 2.75) is 32.7 Å². The Morgan fingerprint density at radius 1 is 1.60 bits per heavy atom. The molecule has 1 unspecified atom stereocenters. The van der Waals surface area contributed by atoms with Gasteiger partial charge in [-0.15, -0.1) is 0 Å². The van der Waals surface area contributed by atoms with E-state index in [2.05, 4.69) is 40.1 Å². The fourth-order valence-corrected chi connectivity index (χ4v) is 1.53. The molecule has 0 aliphatic rings. The lowest BCUT2D eigenvalue weighted by Crippen LogP contribution is -2.42. The van der Waals surface area contributed by atoms with Crippen molar-refractivity contribution < 1.29 is 0 Å². The van der Waals surface area contributed by atoms with Gasteiger partial charge >= 0.3 is 0 Å². The second-order valence-corrected chi connectivity index (χ2v) is 4.83. The Kier molecular flexibility index (Phi) is 4.11. The molecule has 0 fully saturated rings. The highest BCUT2D eigenvalue weighted by Gasteiger charge is 2.21. The molecule has 84 valence electrons. The monoisotopic (exact) mass is 271 g/mol. The minimum atomic E-state index is -0.0939. The van der Waals surface area contributed by atoms with Gasteiger partial charge in [-0.3, -0.25) is 0 Å². The number of nitrogens with two attached hydrogens (primary N) is 1. The Bertz CT molecular complexity index is 335. The second-order valence-electron chi connectivity index (χ2n) is 4.03. The predicted octanol–water partition coefficient (Wildman–Crippen LogP) is 2.69. The molecule has 15 heavy (non-hydrogen) atoms. The van der Waals surface area contributed by atoms with Crippen molar-refractivity contribution in [2.75, 3.05) is 11.9 Å². The molecular weight excluding hydrogens is 254 g/mol. The highest BCUT2D eigenvalue weighted by molar-refractivity contribution is 9.10. The third-order valence-electron chi connectivity index (χ3n) is 2.73. The maximum Gasteiger partial charge on any atom is 0.141 e. The normalized spacial score (nSPS) is 14.7. The summed E-state index contributed by atoms with van der Waals surface area (Å²) in [4.78, 5) is 4.31. The quantitative estimate of drug-likeness (QED) is 0.886. The van der Waals surface area contributed by atoms with Crippen LogP contribution in [0.1, 0.15) is 25.8 Å². The number of rotatable bonds is 4. The van der Waals surface area contributed by atoms with Gasteiger partial charge in [0.15, 0.2) is 0 Å². The van der Waals surface area contributed by atoms with E-state index in [-0.39, 0.29) is 5.54 Å². The molecule has 1 aromatic rings. The van der Waals surface area contributed by atoms with Crippen LogP contribution in [0.2, 0.25) is 0 Å². The molecule has 0 saturated heterocycles. The van der Waals surface area contributed by atoms with Crippen LogP contribution < -0.4 is 11.1 Å². The van der Waals surface area contributed by atoms with Gasteiger partial charge in [-0.05, 0) is 47.8 Å². The molecule has 4 heteroatoms. The lowest BCUT2D eigenvalue weighted by Gasteiger charge is -2.29. The lowest BCUT2D eigenvalue weighted by molar-refractivity contribution is 0.504. The van der Waals surface area contributed by atoms with E-state index in [1.807, 2.05) is 13.0 Å². The van der Waals surface area contributed by atoms with E-state index in [1.54, 1.807) is 6.20 Å². The van der Waals surface area contributed by atoms with Crippen LogP contribution in [-0.4, -0.2) is 17.1 Å². The summed E-state index contributed by atoms with van der Waals surface area (Å²) in [6, 6.07) is 1.97. The highest BCUT2D eigenvalue weighted by atomic mass is 79.9. The standard InChI is InChI=1S/C11H18BrN3/c1-4-11(3,7-13)15-10-9(12)8(2)5-6-14-10/h5-6H,4,7,13H2,1-3H3,(H,14,15). The number of anilines is 1. The number of aryl methyl sites for hydroxylation is 1. The van der Waals surface area contributed by atoms with Crippen LogP contribution in [0.5, 0.6) is 0 Å². The first-order valence-corrected chi connectivity index (χ1v) is 5.91. The van der Waals surface area contributed by atoms with Crippen LogP contribution in [0.15, 0.2) is 16.7 Å². The van der Waals surface area contributed by atoms with Gasteiger partial charge < -0.3 is 11.1 Å². The molecule has 1 rings (SSSR count). The molecule has 0 aliphatic carbocycles. The first-order valence-electron chi connectivity index (χ1n) is 5.12. The zero-order chi connectivity index (χ0) is 11.5. The number of halogens is 1. The van der Waals surface area contributed by atoms with Crippen LogP contribution in [0, 0.1) is 6.92 Å². The lowest BCUT2D eigenvalue weighted by atomic mass is 9.99. The Balaban J connectivity index is 2.94. The van der Waals surface area contributed by atoms with Gasteiger partial charge in [0, 0.05) is 18.3 Å². The third kappa shape index (κ3) is 2.92. The fourth-order valence-electron chi connectivity index (χ4n) is 1.20. The molecule has 0 saturated carbocycles. The first kappa shape index (κ1) is 12.5. The SMILES string of the molecule is CCC(C)(CN)Nc1nccc(C)c1Br. The van der Waals surface area contributed by atoms with Gasteiger partial charge in [-0.1, -0.05) is 6.92 Å². The summed E-state index contributed by atoms with van der Waals surface area (Å²) in [7, 11) is 0. The number of nitrogens with one attached hydrogen (secondary N) is 1. The second kappa shape index (κ2) is 4.94. The summed E-state index contributed by atoms with van der Waals surface area (Å²) >= 11 is 3.53. The van der Waals surface area contributed by atoms with E-state index in [4.69, 9.17) is 5.73 Å². The van der Waals surface area contributed by atoms with Crippen LogP contribution in [-0.2, 0) is 0 Å². The number of hydrogen-bond donors (Lipinski definition) is 2. The van der Waals surface area contributed by atoms with Crippen molar-refractivity contribution in [3.8, 4) is 0 Å². The average molecular weight is 272 g/mol. The summed E-state index contributed by atoms with van der Waals surface area (Å²) in [5.74, 6) is 0.866. The van der Waals surface area contributed by atoms with E-state index >= 15 is 0 Å². The van der Waals surface area contributed by atoms with Gasteiger partial charge in [0.2, 0.25) is 0 Å². The minimum absolute atomic E-state index is 0.0939. The minimum Gasteiger partial charge on any atom is -0.363 e. The van der Waals surface area contributed by atoms with Crippen molar-refractivity contribution in [3.63, 3.8) is 0 Å². The molecule has 0 aliphatic heterocycles. The molecule has 0 amide bonds. The molecule has 3 N–H and O–H groups in total. The predicted molar refractivity (Wildman–Crippen MR) is 68.0 cm³/mol. The zero-order valence-corrected chi connectivity index (χ0v) is 11.1. The molecule has 3 nitrogen and oxygen atoms in total. The van der Waals surface area contributed by atoms with Crippen LogP contribution >= 0.6 is 15.9 Å². The van der Waals surface area contributed by atoms with Crippen molar-refractivity contribution in [1.82, 2.24) is 4.98 Å². The number of pyridine rings is 1. The van der Waals surface area contributed by atoms with Crippen LogP contribution in [0.4, 0.5) is 5.82 Å². The van der Waals surface area contributed by atoms with Crippen LogP contribution in [0.3, 0.4) is 0 Å². The number of aromatic nitrogens is 1. The maximum absolute atomic E-state index is 5.75. The van der Waals surface area contributed by atoms with E-state index in [1.165, 1.54) is 5.56 Å². The number of hydrogen-bond acceptors (Lipinski definition) is 3. The molecule has 0 spiro atoms. The smallest absolute Gasteiger partial charge is 0.141 e. The van der Waals surface area contributed by atoms with Crippen molar-refractivity contribution >= 4 is 21.7 Å². The Morgan fingerprint density at radius 2 is 2.27 bits per heavy atom. The average Bonchev–Trinajstić information content (AvgIpc) is 2.25. The summed E-state index contributed by atoms with van der Waals surface area (Å²) in [6.45, 7) is 6.85. The molecule has 0 radical (unpaired) electrons. The molecule has 0 aromatic carbocycles. The van der Waals surface area contributed by atoms with Gasteiger partial charge in [-0.25, -0.2) is 4.98 Å². The zero-order valence-electron chi connectivity index (χ0n) is 9.47.